The van der Waals surface area contributed by atoms with Gasteiger partial charge in [-0.05, 0) is 12.0 Å². The van der Waals surface area contributed by atoms with Crippen LogP contribution >= 0.6 is 0 Å². The largest absolute Gasteiger partial charge is 0.435 e. The number of hydrogen-bond donors (Lipinski definition) is 1. The normalized spacial score (nSPS) is 12.4. The van der Waals surface area contributed by atoms with E-state index in [1.54, 1.807) is 7.05 Å². The van der Waals surface area contributed by atoms with Crippen LogP contribution in [0.15, 0.2) is 12.3 Å². The second-order valence-corrected chi connectivity index (χ2v) is 4.54. The van der Waals surface area contributed by atoms with Gasteiger partial charge in [-0.25, -0.2) is 9.36 Å². The van der Waals surface area contributed by atoms with E-state index in [1.807, 2.05) is 13.8 Å². The molecule has 2 aromatic rings. The molecule has 5 nitrogen and oxygen atoms in total. The third kappa shape index (κ3) is 2.29. The molecule has 0 saturated carbocycles. The van der Waals surface area contributed by atoms with Crippen molar-refractivity contribution >= 4 is 5.69 Å². The summed E-state index contributed by atoms with van der Waals surface area (Å²) in [6.07, 6.45) is -3.25. The van der Waals surface area contributed by atoms with Crippen molar-refractivity contribution in [3.8, 4) is 5.82 Å². The second kappa shape index (κ2) is 4.29. The summed E-state index contributed by atoms with van der Waals surface area (Å²) in [5.41, 5.74) is 5.95. The van der Waals surface area contributed by atoms with E-state index in [0.717, 1.165) is 10.7 Å². The Kier molecular flexibility index (Phi) is 3.03. The molecule has 2 aromatic heterocycles. The van der Waals surface area contributed by atoms with Crippen LogP contribution in [-0.2, 0) is 13.2 Å². The standard InChI is InChI=1S/C11H14F3N5/c1-6(2)9-8(15)10(18(3)17-9)19-5-4-7(16-19)11(12,13)14/h4-6H,15H2,1-3H3. The fourth-order valence-corrected chi connectivity index (χ4v) is 1.84. The summed E-state index contributed by atoms with van der Waals surface area (Å²) in [5.74, 6) is 0.414. The van der Waals surface area contributed by atoms with Crippen LogP contribution in [0.4, 0.5) is 18.9 Å². The van der Waals surface area contributed by atoms with Gasteiger partial charge < -0.3 is 5.73 Å². The highest BCUT2D eigenvalue weighted by Crippen LogP contribution is 2.30. The number of aryl methyl sites for hydroxylation is 1. The van der Waals surface area contributed by atoms with Crippen LogP contribution in [0, 0.1) is 0 Å². The molecular formula is C11H14F3N5. The predicted molar refractivity (Wildman–Crippen MR) is 63.8 cm³/mol. The molecular weight excluding hydrogens is 259 g/mol. The van der Waals surface area contributed by atoms with Crippen LogP contribution in [0.3, 0.4) is 0 Å². The first-order chi connectivity index (χ1) is 8.71. The van der Waals surface area contributed by atoms with E-state index in [4.69, 9.17) is 5.73 Å². The zero-order chi connectivity index (χ0) is 14.4. The van der Waals surface area contributed by atoms with E-state index in [9.17, 15) is 13.2 Å². The van der Waals surface area contributed by atoms with Gasteiger partial charge in [0.05, 0.1) is 5.69 Å². The Balaban J connectivity index is 2.51. The van der Waals surface area contributed by atoms with Crippen LogP contribution < -0.4 is 5.73 Å². The van der Waals surface area contributed by atoms with E-state index in [0.29, 0.717) is 17.2 Å². The van der Waals surface area contributed by atoms with Crippen molar-refractivity contribution in [2.24, 2.45) is 7.05 Å². The first-order valence-electron chi connectivity index (χ1n) is 5.67. The van der Waals surface area contributed by atoms with E-state index < -0.39 is 11.9 Å². The van der Waals surface area contributed by atoms with Crippen LogP contribution in [0.2, 0.25) is 0 Å². The highest BCUT2D eigenvalue weighted by molar-refractivity contribution is 5.58. The van der Waals surface area contributed by atoms with Gasteiger partial charge in [0, 0.05) is 13.2 Å². The SMILES string of the molecule is CC(C)c1nn(C)c(-n2ccc(C(F)(F)F)n2)c1N. The molecule has 0 fully saturated rings. The van der Waals surface area contributed by atoms with Gasteiger partial charge in [0.1, 0.15) is 5.69 Å². The molecule has 2 N–H and O–H groups in total. The minimum absolute atomic E-state index is 0.0811. The van der Waals surface area contributed by atoms with Gasteiger partial charge in [-0.2, -0.15) is 23.4 Å². The van der Waals surface area contributed by atoms with Crippen LogP contribution in [-0.4, -0.2) is 19.6 Å². The van der Waals surface area contributed by atoms with Gasteiger partial charge in [0.2, 0.25) is 0 Å². The van der Waals surface area contributed by atoms with Gasteiger partial charge in [-0.3, -0.25) is 0 Å². The van der Waals surface area contributed by atoms with Crippen molar-refractivity contribution in [3.05, 3.63) is 23.7 Å². The van der Waals surface area contributed by atoms with Crippen molar-refractivity contribution < 1.29 is 13.2 Å². The molecule has 0 aliphatic heterocycles. The maximum atomic E-state index is 12.5. The smallest absolute Gasteiger partial charge is 0.394 e. The molecule has 0 unspecified atom stereocenters. The molecule has 0 spiro atoms. The average molecular weight is 273 g/mol. The minimum atomic E-state index is -4.47. The molecule has 0 atom stereocenters. The fourth-order valence-electron chi connectivity index (χ4n) is 1.84. The molecule has 104 valence electrons. The Morgan fingerprint density at radius 2 is 1.89 bits per heavy atom. The first-order valence-corrected chi connectivity index (χ1v) is 5.67. The van der Waals surface area contributed by atoms with Crippen molar-refractivity contribution in [1.29, 1.82) is 0 Å². The average Bonchev–Trinajstić information content (AvgIpc) is 2.82. The summed E-state index contributed by atoms with van der Waals surface area (Å²) in [6, 6.07) is 0.904. The fraction of sp³-hybridized carbons (Fsp3) is 0.455. The summed E-state index contributed by atoms with van der Waals surface area (Å²) < 4.78 is 40.1. The lowest BCUT2D eigenvalue weighted by Gasteiger charge is -2.04. The number of nitrogen functional groups attached to an aromatic ring is 1. The molecule has 8 heteroatoms. The lowest BCUT2D eigenvalue weighted by molar-refractivity contribution is -0.141. The minimum Gasteiger partial charge on any atom is -0.394 e. The number of halogens is 3. The zero-order valence-electron chi connectivity index (χ0n) is 10.7. The quantitative estimate of drug-likeness (QED) is 0.913. The maximum Gasteiger partial charge on any atom is 0.435 e. The van der Waals surface area contributed by atoms with Crippen LogP contribution in [0.25, 0.3) is 5.82 Å². The summed E-state index contributed by atoms with van der Waals surface area (Å²) in [4.78, 5) is 0. The van der Waals surface area contributed by atoms with Gasteiger partial charge in [0.25, 0.3) is 0 Å². The highest BCUT2D eigenvalue weighted by Gasteiger charge is 2.34. The molecule has 0 aromatic carbocycles. The van der Waals surface area contributed by atoms with Crippen molar-refractivity contribution in [1.82, 2.24) is 19.6 Å². The molecule has 0 amide bonds. The summed E-state index contributed by atoms with van der Waals surface area (Å²) >= 11 is 0. The van der Waals surface area contributed by atoms with Crippen LogP contribution in [0.5, 0.6) is 0 Å². The van der Waals surface area contributed by atoms with Gasteiger partial charge in [-0.1, -0.05) is 13.8 Å². The molecule has 2 heterocycles. The van der Waals surface area contributed by atoms with Gasteiger partial charge in [0.15, 0.2) is 11.5 Å². The number of nitrogens with zero attached hydrogens (tertiary/aromatic N) is 4. The Bertz CT molecular complexity index is 594. The van der Waals surface area contributed by atoms with Gasteiger partial charge >= 0.3 is 6.18 Å². The molecule has 0 bridgehead atoms. The van der Waals surface area contributed by atoms with E-state index in [1.165, 1.54) is 10.9 Å². The Morgan fingerprint density at radius 1 is 1.26 bits per heavy atom. The third-order valence-corrected chi connectivity index (χ3v) is 2.72. The predicted octanol–water partition coefficient (Wildman–Crippen LogP) is 2.33. The monoisotopic (exact) mass is 273 g/mol. The Hall–Kier alpha value is -1.99. The summed E-state index contributed by atoms with van der Waals surface area (Å²) in [7, 11) is 1.62. The highest BCUT2D eigenvalue weighted by atomic mass is 19.4. The molecule has 2 rings (SSSR count). The number of nitrogens with two attached hydrogens (primary N) is 1. The van der Waals surface area contributed by atoms with Crippen molar-refractivity contribution in [2.75, 3.05) is 5.73 Å². The first kappa shape index (κ1) is 13.4. The molecule has 0 aliphatic carbocycles. The molecule has 0 saturated heterocycles. The lowest BCUT2D eigenvalue weighted by Crippen LogP contribution is -2.10. The zero-order valence-corrected chi connectivity index (χ0v) is 10.7. The third-order valence-electron chi connectivity index (χ3n) is 2.72. The van der Waals surface area contributed by atoms with Gasteiger partial charge in [-0.15, -0.1) is 0 Å². The number of rotatable bonds is 2. The summed E-state index contributed by atoms with van der Waals surface area (Å²) in [5, 5.41) is 7.70. The van der Waals surface area contributed by atoms with E-state index in [-0.39, 0.29) is 5.92 Å². The Morgan fingerprint density at radius 3 is 2.32 bits per heavy atom. The Labute approximate surface area is 107 Å². The van der Waals surface area contributed by atoms with E-state index >= 15 is 0 Å². The number of alkyl halides is 3. The summed E-state index contributed by atoms with van der Waals surface area (Å²) in [6.45, 7) is 3.82. The van der Waals surface area contributed by atoms with Crippen molar-refractivity contribution in [3.63, 3.8) is 0 Å². The van der Waals surface area contributed by atoms with E-state index in [2.05, 4.69) is 10.2 Å². The van der Waals surface area contributed by atoms with Crippen molar-refractivity contribution in [2.45, 2.75) is 25.9 Å². The number of aromatic nitrogens is 4. The number of hydrogen-bond acceptors (Lipinski definition) is 3. The van der Waals surface area contributed by atoms with Crippen LogP contribution in [0.1, 0.15) is 31.2 Å². The topological polar surface area (TPSA) is 61.7 Å². The molecule has 0 radical (unpaired) electrons. The molecule has 0 aliphatic rings. The number of anilines is 1. The second-order valence-electron chi connectivity index (χ2n) is 4.54. The maximum absolute atomic E-state index is 12.5. The molecule has 19 heavy (non-hydrogen) atoms. The lowest BCUT2D eigenvalue weighted by atomic mass is 10.1.